The van der Waals surface area contributed by atoms with Crippen LogP contribution in [0.1, 0.15) is 22.7 Å². The van der Waals surface area contributed by atoms with Crippen molar-refractivity contribution in [3.63, 3.8) is 0 Å². The Kier molecular flexibility index (Phi) is 6.53. The number of pyridine rings is 1. The van der Waals surface area contributed by atoms with E-state index in [4.69, 9.17) is 0 Å². The molecule has 116 valence electrons. The average molecular weight is 413 g/mol. The smallest absolute Gasteiger partial charge is 0.193 e. The molecule has 3 rings (SSSR count). The summed E-state index contributed by atoms with van der Waals surface area (Å²) >= 11 is 0. The topological polar surface area (TPSA) is 3.88 Å². The van der Waals surface area contributed by atoms with Crippen LogP contribution in [0.4, 0.5) is 0 Å². The molecule has 1 heterocycles. The first kappa shape index (κ1) is 17.4. The molecule has 0 aliphatic rings. The standard InChI is InChI=1S/C21H20N.HI/c1-2-16-22-17-10-9-15-20(22)21(18-11-5-3-6-12-18)19-13-7-4-8-14-19;/h2-15,17,21H,1,16H2;1H/q+1;/p-1. The number of allylic oxidation sites excluding steroid dienone is 1. The van der Waals surface area contributed by atoms with E-state index in [0.29, 0.717) is 0 Å². The Balaban J connectivity index is 0.00000192. The van der Waals surface area contributed by atoms with E-state index in [1.54, 1.807) is 0 Å². The first-order valence-electron chi connectivity index (χ1n) is 7.59. The van der Waals surface area contributed by atoms with Crippen molar-refractivity contribution < 1.29 is 28.5 Å². The summed E-state index contributed by atoms with van der Waals surface area (Å²) in [6, 6.07) is 27.7. The van der Waals surface area contributed by atoms with Crippen molar-refractivity contribution in [2.75, 3.05) is 0 Å². The molecule has 0 fully saturated rings. The van der Waals surface area contributed by atoms with Crippen LogP contribution in [0.25, 0.3) is 0 Å². The van der Waals surface area contributed by atoms with Crippen molar-refractivity contribution >= 4 is 0 Å². The lowest BCUT2D eigenvalue weighted by molar-refractivity contribution is -0.694. The quantitative estimate of drug-likeness (QED) is 0.338. The highest BCUT2D eigenvalue weighted by Gasteiger charge is 2.24. The average Bonchev–Trinajstić information content (AvgIpc) is 2.59. The van der Waals surface area contributed by atoms with E-state index in [-0.39, 0.29) is 29.9 Å². The minimum Gasteiger partial charge on any atom is -1.00 e. The van der Waals surface area contributed by atoms with E-state index >= 15 is 0 Å². The number of aromatic nitrogens is 1. The molecule has 1 nitrogen and oxygen atoms in total. The number of rotatable bonds is 5. The molecule has 0 saturated heterocycles. The van der Waals surface area contributed by atoms with Gasteiger partial charge in [-0.25, -0.2) is 0 Å². The van der Waals surface area contributed by atoms with E-state index in [1.807, 2.05) is 6.08 Å². The van der Waals surface area contributed by atoms with Crippen LogP contribution in [0.5, 0.6) is 0 Å². The predicted molar refractivity (Wildman–Crippen MR) is 90.7 cm³/mol. The molecular weight excluding hydrogens is 393 g/mol. The van der Waals surface area contributed by atoms with Gasteiger partial charge in [0.15, 0.2) is 18.4 Å². The van der Waals surface area contributed by atoms with Crippen LogP contribution in [0.2, 0.25) is 0 Å². The number of hydrogen-bond donors (Lipinski definition) is 0. The Bertz CT molecular complexity index is 699. The lowest BCUT2D eigenvalue weighted by atomic mass is 9.88. The van der Waals surface area contributed by atoms with E-state index in [9.17, 15) is 0 Å². The van der Waals surface area contributed by atoms with Gasteiger partial charge in [-0.3, -0.25) is 0 Å². The molecular formula is C21H20IN. The molecule has 0 N–H and O–H groups in total. The summed E-state index contributed by atoms with van der Waals surface area (Å²) in [6.45, 7) is 4.69. The van der Waals surface area contributed by atoms with Gasteiger partial charge in [0.25, 0.3) is 0 Å². The Morgan fingerprint density at radius 3 is 1.83 bits per heavy atom. The first-order valence-corrected chi connectivity index (χ1v) is 7.59. The summed E-state index contributed by atoms with van der Waals surface area (Å²) < 4.78 is 2.26. The molecule has 0 aliphatic carbocycles. The van der Waals surface area contributed by atoms with Gasteiger partial charge in [0, 0.05) is 12.1 Å². The highest BCUT2D eigenvalue weighted by atomic mass is 127. The van der Waals surface area contributed by atoms with Crippen molar-refractivity contribution in [3.05, 3.63) is 115 Å². The Morgan fingerprint density at radius 2 is 1.30 bits per heavy atom. The normalized spacial score (nSPS) is 10.1. The molecule has 0 spiro atoms. The van der Waals surface area contributed by atoms with Gasteiger partial charge in [0.2, 0.25) is 0 Å². The highest BCUT2D eigenvalue weighted by Crippen LogP contribution is 2.29. The zero-order valence-corrected chi connectivity index (χ0v) is 15.1. The molecule has 2 aromatic carbocycles. The number of halogens is 1. The third-order valence-electron chi connectivity index (χ3n) is 3.86. The maximum Gasteiger partial charge on any atom is 0.193 e. The van der Waals surface area contributed by atoms with Crippen LogP contribution >= 0.6 is 0 Å². The van der Waals surface area contributed by atoms with Crippen LogP contribution in [0.3, 0.4) is 0 Å². The second kappa shape index (κ2) is 8.63. The van der Waals surface area contributed by atoms with E-state index in [0.717, 1.165) is 6.54 Å². The predicted octanol–water partition coefficient (Wildman–Crippen LogP) is 1.34. The molecule has 0 unspecified atom stereocenters. The minimum atomic E-state index is 0. The van der Waals surface area contributed by atoms with Gasteiger partial charge >= 0.3 is 0 Å². The summed E-state index contributed by atoms with van der Waals surface area (Å²) in [6.07, 6.45) is 4.06. The van der Waals surface area contributed by atoms with Crippen LogP contribution in [-0.2, 0) is 6.54 Å². The molecule has 0 atom stereocenters. The summed E-state index contributed by atoms with van der Waals surface area (Å²) in [5, 5.41) is 0. The Morgan fingerprint density at radius 1 is 0.783 bits per heavy atom. The molecule has 0 saturated carbocycles. The molecule has 0 amide bonds. The highest BCUT2D eigenvalue weighted by molar-refractivity contribution is 5.38. The lowest BCUT2D eigenvalue weighted by Gasteiger charge is -2.16. The third-order valence-corrected chi connectivity index (χ3v) is 3.86. The van der Waals surface area contributed by atoms with E-state index < -0.39 is 0 Å². The van der Waals surface area contributed by atoms with Gasteiger partial charge in [-0.2, -0.15) is 4.57 Å². The molecule has 0 aliphatic heterocycles. The van der Waals surface area contributed by atoms with Crippen molar-refractivity contribution in [1.29, 1.82) is 0 Å². The zero-order valence-electron chi connectivity index (χ0n) is 13.0. The van der Waals surface area contributed by atoms with Crippen molar-refractivity contribution in [2.45, 2.75) is 12.5 Å². The van der Waals surface area contributed by atoms with Gasteiger partial charge in [-0.1, -0.05) is 73.3 Å². The molecule has 1 aromatic heterocycles. The molecule has 0 radical (unpaired) electrons. The maximum atomic E-state index is 3.88. The van der Waals surface area contributed by atoms with E-state index in [1.165, 1.54) is 16.8 Å². The third kappa shape index (κ3) is 4.08. The molecule has 2 heteroatoms. The summed E-state index contributed by atoms with van der Waals surface area (Å²) in [5.74, 6) is 0.226. The van der Waals surface area contributed by atoms with Crippen molar-refractivity contribution in [3.8, 4) is 0 Å². The summed E-state index contributed by atoms with van der Waals surface area (Å²) in [4.78, 5) is 0. The van der Waals surface area contributed by atoms with Gasteiger partial charge in [-0.05, 0) is 17.2 Å². The maximum absolute atomic E-state index is 3.88. The number of nitrogens with zero attached hydrogens (tertiary/aromatic N) is 1. The SMILES string of the molecule is C=CC[n+]1ccccc1C(c1ccccc1)c1ccccc1.[I-]. The summed E-state index contributed by atoms with van der Waals surface area (Å²) in [7, 11) is 0. The number of benzene rings is 2. The first-order chi connectivity index (χ1) is 10.9. The fourth-order valence-corrected chi connectivity index (χ4v) is 2.88. The lowest BCUT2D eigenvalue weighted by Crippen LogP contribution is -3.00. The fourth-order valence-electron chi connectivity index (χ4n) is 2.88. The summed E-state index contributed by atoms with van der Waals surface area (Å²) in [5.41, 5.74) is 3.88. The van der Waals surface area contributed by atoms with Crippen LogP contribution in [0, 0.1) is 0 Å². The Labute approximate surface area is 155 Å². The Hall–Kier alpha value is -1.94. The number of hydrogen-bond acceptors (Lipinski definition) is 0. The van der Waals surface area contributed by atoms with Crippen molar-refractivity contribution in [2.24, 2.45) is 0 Å². The van der Waals surface area contributed by atoms with Crippen LogP contribution in [0.15, 0.2) is 97.7 Å². The van der Waals surface area contributed by atoms with Crippen LogP contribution < -0.4 is 28.5 Å². The minimum absolute atomic E-state index is 0. The van der Waals surface area contributed by atoms with E-state index in [2.05, 4.69) is 96.2 Å². The van der Waals surface area contributed by atoms with Gasteiger partial charge in [0.05, 0.1) is 5.92 Å². The van der Waals surface area contributed by atoms with Gasteiger partial charge < -0.3 is 24.0 Å². The molecule has 0 bridgehead atoms. The molecule has 3 aromatic rings. The fraction of sp³-hybridized carbons (Fsp3) is 0.0952. The second-order valence-electron chi connectivity index (χ2n) is 5.32. The second-order valence-corrected chi connectivity index (χ2v) is 5.32. The zero-order chi connectivity index (χ0) is 15.2. The van der Waals surface area contributed by atoms with Crippen molar-refractivity contribution in [1.82, 2.24) is 0 Å². The van der Waals surface area contributed by atoms with Gasteiger partial charge in [-0.15, -0.1) is 0 Å². The molecule has 23 heavy (non-hydrogen) atoms. The largest absolute Gasteiger partial charge is 1.00 e. The van der Waals surface area contributed by atoms with Crippen LogP contribution in [-0.4, -0.2) is 0 Å². The monoisotopic (exact) mass is 413 g/mol. The van der Waals surface area contributed by atoms with Gasteiger partial charge in [0.1, 0.15) is 0 Å².